The molecule has 4 N–H and O–H groups in total. The van der Waals surface area contributed by atoms with Gasteiger partial charge in [0.05, 0.1) is 0 Å². The number of esters is 1. The molecule has 0 radical (unpaired) electrons. The quantitative estimate of drug-likeness (QED) is 0.635. The third-order valence-corrected chi connectivity index (χ3v) is 3.33. The normalized spacial score (nSPS) is 16.0. The lowest BCUT2D eigenvalue weighted by molar-refractivity contribution is -0.131. The van der Waals surface area contributed by atoms with Gasteiger partial charge in [-0.2, -0.15) is 0 Å². The van der Waals surface area contributed by atoms with Gasteiger partial charge < -0.3 is 25.2 Å². The van der Waals surface area contributed by atoms with Gasteiger partial charge in [-0.05, 0) is 35.9 Å². The predicted molar refractivity (Wildman–Crippen MR) is 81.5 cm³/mol. The summed E-state index contributed by atoms with van der Waals surface area (Å²) in [6.07, 6.45) is 1.29. The van der Waals surface area contributed by atoms with E-state index in [-0.39, 0.29) is 39.9 Å². The number of aliphatic hydroxyl groups is 1. The van der Waals surface area contributed by atoms with Gasteiger partial charge in [-0.15, -0.1) is 0 Å². The van der Waals surface area contributed by atoms with Crippen LogP contribution in [0.1, 0.15) is 11.1 Å². The molecule has 0 fully saturated rings. The van der Waals surface area contributed by atoms with Crippen molar-refractivity contribution in [3.8, 4) is 17.2 Å². The number of hydrogen-bond acceptors (Lipinski definition) is 6. The molecule has 3 rings (SSSR count). The minimum Gasteiger partial charge on any atom is -0.508 e. The summed E-state index contributed by atoms with van der Waals surface area (Å²) in [7, 11) is 0. The van der Waals surface area contributed by atoms with Gasteiger partial charge in [0.2, 0.25) is 0 Å². The van der Waals surface area contributed by atoms with E-state index in [0.717, 1.165) is 6.07 Å². The summed E-state index contributed by atoms with van der Waals surface area (Å²) in [5.41, 5.74) is 0.627. The van der Waals surface area contributed by atoms with Crippen LogP contribution < -0.4 is 0 Å². The van der Waals surface area contributed by atoms with Crippen LogP contribution in [0, 0.1) is 0 Å². The molecule has 0 bridgehead atoms. The van der Waals surface area contributed by atoms with Crippen molar-refractivity contribution in [2.24, 2.45) is 0 Å². The van der Waals surface area contributed by atoms with E-state index in [1.54, 1.807) is 0 Å². The molecule has 2 aromatic rings. The Labute approximate surface area is 130 Å². The summed E-state index contributed by atoms with van der Waals surface area (Å²) < 4.78 is 5.02. The Kier molecular flexibility index (Phi) is 3.42. The number of benzene rings is 2. The van der Waals surface area contributed by atoms with Crippen LogP contribution in [-0.4, -0.2) is 26.4 Å². The lowest BCUT2D eigenvalue weighted by Crippen LogP contribution is -1.98. The molecule has 0 saturated carbocycles. The van der Waals surface area contributed by atoms with Gasteiger partial charge in [0.25, 0.3) is 0 Å². The van der Waals surface area contributed by atoms with Crippen molar-refractivity contribution in [3.63, 3.8) is 0 Å². The largest absolute Gasteiger partial charge is 0.508 e. The first kappa shape index (κ1) is 14.5. The van der Waals surface area contributed by atoms with Crippen LogP contribution in [0.3, 0.4) is 0 Å². The van der Waals surface area contributed by atoms with Gasteiger partial charge in [-0.25, -0.2) is 4.79 Å². The number of ether oxygens (including phenoxy) is 1. The van der Waals surface area contributed by atoms with Gasteiger partial charge in [0.15, 0.2) is 11.5 Å². The Hall–Kier alpha value is -3.41. The minimum absolute atomic E-state index is 0.0324. The third kappa shape index (κ3) is 2.69. The van der Waals surface area contributed by atoms with Crippen LogP contribution in [0.2, 0.25) is 0 Å². The van der Waals surface area contributed by atoms with Crippen molar-refractivity contribution in [3.05, 3.63) is 65.1 Å². The van der Waals surface area contributed by atoms with Crippen LogP contribution in [0.25, 0.3) is 11.6 Å². The van der Waals surface area contributed by atoms with Crippen LogP contribution in [-0.2, 0) is 9.53 Å². The molecule has 6 heteroatoms. The summed E-state index contributed by atoms with van der Waals surface area (Å²) in [6, 6.07) is 9.62. The molecular formula is C17H12O6. The smallest absolute Gasteiger partial charge is 0.348 e. The Balaban J connectivity index is 2.04. The number of cyclic esters (lactones) is 1. The standard InChI is InChI=1S/C17H12O6/c18-11-4-1-9(2-5-11)15-16(21)14(23-17(15)22)7-10-3-6-12(19)8-13(10)20/h1-8,18-21H. The first-order chi connectivity index (χ1) is 11.0. The van der Waals surface area contributed by atoms with Crippen LogP contribution >= 0.6 is 0 Å². The molecule has 23 heavy (non-hydrogen) atoms. The fourth-order valence-corrected chi connectivity index (χ4v) is 2.19. The van der Waals surface area contributed by atoms with E-state index >= 15 is 0 Å². The van der Waals surface area contributed by atoms with Crippen molar-refractivity contribution < 1.29 is 30.0 Å². The van der Waals surface area contributed by atoms with E-state index in [4.69, 9.17) is 4.74 Å². The molecule has 0 atom stereocenters. The summed E-state index contributed by atoms with van der Waals surface area (Å²) in [5, 5.41) is 38.5. The van der Waals surface area contributed by atoms with Crippen molar-refractivity contribution in [2.75, 3.05) is 0 Å². The monoisotopic (exact) mass is 312 g/mol. The molecule has 116 valence electrons. The summed E-state index contributed by atoms with van der Waals surface area (Å²) >= 11 is 0. The molecule has 0 amide bonds. The average molecular weight is 312 g/mol. The Morgan fingerprint density at radius 1 is 0.870 bits per heavy atom. The van der Waals surface area contributed by atoms with Gasteiger partial charge in [0.1, 0.15) is 22.8 Å². The number of rotatable bonds is 2. The lowest BCUT2D eigenvalue weighted by atomic mass is 10.0. The molecule has 0 aliphatic carbocycles. The third-order valence-electron chi connectivity index (χ3n) is 3.33. The second kappa shape index (κ2) is 5.42. The minimum atomic E-state index is -0.738. The highest BCUT2D eigenvalue weighted by Gasteiger charge is 2.31. The zero-order valence-electron chi connectivity index (χ0n) is 11.7. The second-order valence-electron chi connectivity index (χ2n) is 4.91. The molecule has 1 heterocycles. The van der Waals surface area contributed by atoms with E-state index in [2.05, 4.69) is 0 Å². The summed E-state index contributed by atoms with van der Waals surface area (Å²) in [6.45, 7) is 0. The average Bonchev–Trinajstić information content (AvgIpc) is 2.78. The number of aromatic hydroxyl groups is 3. The van der Waals surface area contributed by atoms with Crippen LogP contribution in [0.4, 0.5) is 0 Å². The van der Waals surface area contributed by atoms with Crippen molar-refractivity contribution in [1.29, 1.82) is 0 Å². The Morgan fingerprint density at radius 3 is 2.17 bits per heavy atom. The first-order valence-electron chi connectivity index (χ1n) is 6.64. The molecule has 0 saturated heterocycles. The Bertz CT molecular complexity index is 846. The molecule has 0 spiro atoms. The van der Waals surface area contributed by atoms with E-state index in [0.29, 0.717) is 5.56 Å². The SMILES string of the molecule is O=C1OC(=Cc2ccc(O)cc2O)C(O)=C1c1ccc(O)cc1. The molecule has 2 aromatic carbocycles. The topological polar surface area (TPSA) is 107 Å². The predicted octanol–water partition coefficient (Wildman–Crippen LogP) is 2.67. The zero-order chi connectivity index (χ0) is 16.6. The lowest BCUT2D eigenvalue weighted by Gasteiger charge is -2.02. The number of hydrogen-bond donors (Lipinski definition) is 4. The first-order valence-corrected chi connectivity index (χ1v) is 6.64. The Morgan fingerprint density at radius 2 is 1.52 bits per heavy atom. The highest BCUT2D eigenvalue weighted by molar-refractivity contribution is 6.20. The van der Waals surface area contributed by atoms with Crippen molar-refractivity contribution in [2.45, 2.75) is 0 Å². The van der Waals surface area contributed by atoms with Crippen LogP contribution in [0.5, 0.6) is 17.2 Å². The fraction of sp³-hybridized carbons (Fsp3) is 0. The van der Waals surface area contributed by atoms with Gasteiger partial charge in [-0.3, -0.25) is 0 Å². The molecule has 1 aliphatic heterocycles. The van der Waals surface area contributed by atoms with E-state index in [1.165, 1.54) is 42.5 Å². The zero-order valence-corrected chi connectivity index (χ0v) is 11.7. The number of aliphatic hydroxyl groups excluding tert-OH is 1. The highest BCUT2D eigenvalue weighted by atomic mass is 16.6. The van der Waals surface area contributed by atoms with Gasteiger partial charge in [-0.1, -0.05) is 12.1 Å². The van der Waals surface area contributed by atoms with Crippen LogP contribution in [0.15, 0.2) is 54.0 Å². The van der Waals surface area contributed by atoms with E-state index < -0.39 is 5.97 Å². The molecule has 1 aliphatic rings. The van der Waals surface area contributed by atoms with E-state index in [9.17, 15) is 25.2 Å². The number of carbonyl (C=O) groups excluding carboxylic acids is 1. The maximum Gasteiger partial charge on any atom is 0.348 e. The molecule has 6 nitrogen and oxygen atoms in total. The molecular weight excluding hydrogens is 300 g/mol. The molecule has 0 aromatic heterocycles. The second-order valence-corrected chi connectivity index (χ2v) is 4.91. The number of carbonyl (C=O) groups is 1. The highest BCUT2D eigenvalue weighted by Crippen LogP contribution is 2.34. The van der Waals surface area contributed by atoms with Gasteiger partial charge in [0, 0.05) is 11.6 Å². The van der Waals surface area contributed by atoms with E-state index in [1.807, 2.05) is 0 Å². The van der Waals surface area contributed by atoms with Gasteiger partial charge >= 0.3 is 5.97 Å². The summed E-state index contributed by atoms with van der Waals surface area (Å²) in [5.74, 6) is -1.52. The molecule has 0 unspecified atom stereocenters. The number of phenolic OH excluding ortho intramolecular Hbond substituents is 3. The maximum absolute atomic E-state index is 12.0. The van der Waals surface area contributed by atoms with Crippen molar-refractivity contribution >= 4 is 17.6 Å². The maximum atomic E-state index is 12.0. The van der Waals surface area contributed by atoms with Crippen molar-refractivity contribution in [1.82, 2.24) is 0 Å². The number of phenols is 3. The fourth-order valence-electron chi connectivity index (χ4n) is 2.19. The summed E-state index contributed by atoms with van der Waals surface area (Å²) in [4.78, 5) is 12.0.